The fourth-order valence-electron chi connectivity index (χ4n) is 5.43. The molecule has 2 atom stereocenters. The van der Waals surface area contributed by atoms with E-state index >= 15 is 0 Å². The Morgan fingerprint density at radius 2 is 1.87 bits per heavy atom. The van der Waals surface area contributed by atoms with Crippen molar-refractivity contribution in [3.8, 4) is 11.6 Å². The number of urea groups is 1. The molecule has 1 saturated heterocycles. The smallest absolute Gasteiger partial charge is 0.319 e. The van der Waals surface area contributed by atoms with E-state index in [0.717, 1.165) is 49.3 Å². The van der Waals surface area contributed by atoms with Gasteiger partial charge in [-0.2, -0.15) is 0 Å². The number of pyridine rings is 1. The molecule has 0 spiro atoms. The molecule has 2 heterocycles. The lowest BCUT2D eigenvalue weighted by molar-refractivity contribution is 0.0959. The Morgan fingerprint density at radius 3 is 2.51 bits per heavy atom. The summed E-state index contributed by atoms with van der Waals surface area (Å²) in [6.07, 6.45) is 7.21. The van der Waals surface area contributed by atoms with Crippen LogP contribution in [-0.4, -0.2) is 62.2 Å². The number of hydrogen-bond acceptors (Lipinski definition) is 7. The van der Waals surface area contributed by atoms with Gasteiger partial charge in [-0.1, -0.05) is 25.8 Å². The van der Waals surface area contributed by atoms with Crippen LogP contribution in [0.25, 0.3) is 0 Å². The molecule has 47 heavy (non-hydrogen) atoms. The average Bonchev–Trinajstić information content (AvgIpc) is 2.99. The maximum atomic E-state index is 14.4. The number of unbranched alkanes of at least 4 members (excludes halogenated alkanes) is 1. The molecule has 2 aromatic carbocycles. The topological polar surface area (TPSA) is 142 Å². The number of anilines is 2. The quantitative estimate of drug-likeness (QED) is 0.183. The minimum Gasteiger partial charge on any atom is -0.439 e. The van der Waals surface area contributed by atoms with Crippen LogP contribution in [-0.2, 0) is 16.6 Å². The van der Waals surface area contributed by atoms with Gasteiger partial charge in [0.25, 0.3) is 5.91 Å². The molecule has 1 aliphatic rings. The summed E-state index contributed by atoms with van der Waals surface area (Å²) in [6.45, 7) is 5.33. The lowest BCUT2D eigenvalue weighted by Gasteiger charge is -2.40. The van der Waals surface area contributed by atoms with Gasteiger partial charge in [0, 0.05) is 56.2 Å². The van der Waals surface area contributed by atoms with Gasteiger partial charge in [-0.05, 0) is 61.6 Å². The molecule has 3 amide bonds. The molecule has 1 aromatic heterocycles. The van der Waals surface area contributed by atoms with E-state index in [0.29, 0.717) is 42.8 Å². The number of halogens is 3. The lowest BCUT2D eigenvalue weighted by Crippen LogP contribution is -2.50. The largest absolute Gasteiger partial charge is 0.439 e. The van der Waals surface area contributed by atoms with Crippen LogP contribution in [0.5, 0.6) is 11.6 Å². The number of carbonyl (C=O) groups is 2. The Kier molecular flexibility index (Phi) is 13.3. The zero-order chi connectivity index (χ0) is 33.4. The number of piperidine rings is 1. The number of nitrogens with zero attached hydrogens (tertiary/aromatic N) is 2. The number of nitrogens with one attached hydrogen (secondary N) is 4. The number of rotatable bonds is 12. The number of hydrogen-bond donors (Lipinski definition) is 4. The predicted octanol–water partition coefficient (Wildman–Crippen LogP) is 5.96. The first-order valence-corrected chi connectivity index (χ1v) is 17.0. The molecule has 3 aromatic rings. The van der Waals surface area contributed by atoms with Crippen LogP contribution < -0.4 is 25.4 Å². The van der Waals surface area contributed by atoms with E-state index in [1.165, 1.54) is 7.05 Å². The lowest BCUT2D eigenvalue weighted by atomic mass is 9.93. The second-order valence-electron chi connectivity index (χ2n) is 11.4. The third-order valence-corrected chi connectivity index (χ3v) is 8.32. The monoisotopic (exact) mass is 694 g/mol. The summed E-state index contributed by atoms with van der Waals surface area (Å²) >= 11 is 0. The highest BCUT2D eigenvalue weighted by atomic mass is 35.5. The van der Waals surface area contributed by atoms with E-state index in [-0.39, 0.29) is 35.7 Å². The molecule has 2 unspecified atom stereocenters. The van der Waals surface area contributed by atoms with Crippen LogP contribution in [0.4, 0.5) is 25.0 Å². The van der Waals surface area contributed by atoms with Crippen molar-refractivity contribution in [1.82, 2.24) is 20.5 Å². The number of ether oxygens (including phenoxy) is 1. The van der Waals surface area contributed by atoms with Gasteiger partial charge in [0.2, 0.25) is 15.9 Å². The second-order valence-corrected chi connectivity index (χ2v) is 13.2. The van der Waals surface area contributed by atoms with E-state index in [1.807, 2.05) is 13.0 Å². The van der Waals surface area contributed by atoms with E-state index in [9.17, 15) is 26.8 Å². The molecule has 1 fully saturated rings. The van der Waals surface area contributed by atoms with Crippen LogP contribution in [0.1, 0.15) is 60.5 Å². The summed E-state index contributed by atoms with van der Waals surface area (Å²) < 4.78 is 59.8. The van der Waals surface area contributed by atoms with E-state index in [1.54, 1.807) is 30.5 Å². The Hall–Kier alpha value is -4.01. The highest BCUT2D eigenvalue weighted by Gasteiger charge is 2.29. The molecular formula is C32H41ClF2N6O5S. The highest BCUT2D eigenvalue weighted by Crippen LogP contribution is 2.28. The van der Waals surface area contributed by atoms with E-state index in [2.05, 4.69) is 37.5 Å². The number of aromatic nitrogens is 1. The van der Waals surface area contributed by atoms with Crippen LogP contribution in [0.3, 0.4) is 0 Å². The van der Waals surface area contributed by atoms with E-state index in [4.69, 9.17) is 4.74 Å². The van der Waals surface area contributed by atoms with Gasteiger partial charge in [-0.3, -0.25) is 14.4 Å². The van der Waals surface area contributed by atoms with Gasteiger partial charge in [0.05, 0.1) is 17.5 Å². The van der Waals surface area contributed by atoms with Gasteiger partial charge >= 0.3 is 6.03 Å². The minimum absolute atomic E-state index is 0. The van der Waals surface area contributed by atoms with Crippen molar-refractivity contribution >= 4 is 45.7 Å². The molecule has 4 rings (SSSR count). The van der Waals surface area contributed by atoms with Crippen molar-refractivity contribution in [2.24, 2.45) is 0 Å². The Bertz CT molecular complexity index is 1660. The van der Waals surface area contributed by atoms with Gasteiger partial charge < -0.3 is 20.7 Å². The molecule has 0 aliphatic carbocycles. The van der Waals surface area contributed by atoms with Crippen molar-refractivity contribution < 1.29 is 31.5 Å². The first kappa shape index (κ1) is 37.4. The van der Waals surface area contributed by atoms with Crippen LogP contribution in [0.15, 0.2) is 48.7 Å². The number of sulfonamides is 1. The molecule has 1 aliphatic heterocycles. The van der Waals surface area contributed by atoms with Gasteiger partial charge in [0.1, 0.15) is 17.4 Å². The van der Waals surface area contributed by atoms with Crippen LogP contribution >= 0.6 is 12.4 Å². The minimum atomic E-state index is -3.38. The first-order chi connectivity index (χ1) is 21.8. The second kappa shape index (κ2) is 16.7. The SMILES string of the molecule is CCCCC1CC(NC(=O)Nc2cc(C(=O)NC)c(F)cc2F)CCN1Cc1ccc(Oc2ccc(NS(C)(=O)=O)cc2C)nc1.Cl. The van der Waals surface area contributed by atoms with Gasteiger partial charge in [0.15, 0.2) is 0 Å². The zero-order valence-corrected chi connectivity index (χ0v) is 28.4. The number of amides is 3. The summed E-state index contributed by atoms with van der Waals surface area (Å²) in [5, 5.41) is 7.62. The molecule has 0 radical (unpaired) electrons. The highest BCUT2D eigenvalue weighted by molar-refractivity contribution is 7.92. The summed E-state index contributed by atoms with van der Waals surface area (Å²) in [7, 11) is -2.05. The van der Waals surface area contributed by atoms with Crippen molar-refractivity contribution in [3.63, 3.8) is 0 Å². The normalized spacial score (nSPS) is 16.5. The third-order valence-electron chi connectivity index (χ3n) is 7.72. The molecule has 0 bridgehead atoms. The number of benzene rings is 2. The predicted molar refractivity (Wildman–Crippen MR) is 180 cm³/mol. The summed E-state index contributed by atoms with van der Waals surface area (Å²) in [4.78, 5) is 31.5. The standard InChI is InChI=1S/C32H40F2N6O5S.ClH/c1-5-6-7-24-15-22(37-32(42)38-28-16-25(31(41)35-3)26(33)17-27(28)34)12-13-40(24)19-21-8-11-30(36-18-21)45-29-10-9-23(14-20(29)2)39-46(4,43)44;/h8-11,14,16-18,22,24,39H,5-7,12-13,15,19H2,1-4H3,(H,35,41)(H2,37,38,42);1H. The Balaban J connectivity index is 0.00000600. The molecule has 4 N–H and O–H groups in total. The van der Waals surface area contributed by atoms with Crippen LogP contribution in [0, 0.1) is 18.6 Å². The van der Waals surface area contributed by atoms with Gasteiger partial charge in [-0.25, -0.2) is 27.0 Å². The van der Waals surface area contributed by atoms with Crippen molar-refractivity contribution in [2.45, 2.75) is 64.6 Å². The van der Waals surface area contributed by atoms with Crippen molar-refractivity contribution in [2.75, 3.05) is 29.9 Å². The Morgan fingerprint density at radius 1 is 1.11 bits per heavy atom. The fraction of sp³-hybridized carbons (Fsp3) is 0.406. The summed E-state index contributed by atoms with van der Waals surface area (Å²) in [5.74, 6) is -1.75. The number of aryl methyl sites for hydroxylation is 1. The summed E-state index contributed by atoms with van der Waals surface area (Å²) in [5.41, 5.74) is 1.55. The van der Waals surface area contributed by atoms with Gasteiger partial charge in [-0.15, -0.1) is 12.4 Å². The first-order valence-electron chi connectivity index (χ1n) is 15.1. The third kappa shape index (κ3) is 10.8. The van der Waals surface area contributed by atoms with Crippen molar-refractivity contribution in [3.05, 3.63) is 77.0 Å². The molecule has 15 heteroatoms. The van der Waals surface area contributed by atoms with Crippen LogP contribution in [0.2, 0.25) is 0 Å². The zero-order valence-electron chi connectivity index (χ0n) is 26.7. The average molecular weight is 695 g/mol. The number of carbonyl (C=O) groups excluding carboxylic acids is 2. The molecular weight excluding hydrogens is 654 g/mol. The maximum absolute atomic E-state index is 14.4. The summed E-state index contributed by atoms with van der Waals surface area (Å²) in [6, 6.07) is 9.72. The van der Waals surface area contributed by atoms with E-state index < -0.39 is 33.6 Å². The maximum Gasteiger partial charge on any atom is 0.319 e. The molecule has 11 nitrogen and oxygen atoms in total. The number of likely N-dealkylation sites (tertiary alicyclic amines) is 1. The Labute approximate surface area is 280 Å². The van der Waals surface area contributed by atoms with Crippen molar-refractivity contribution in [1.29, 1.82) is 0 Å². The molecule has 256 valence electrons. The molecule has 0 saturated carbocycles. The fourth-order valence-corrected chi connectivity index (χ4v) is 5.98.